The Morgan fingerprint density at radius 1 is 1.11 bits per heavy atom. The fraction of sp³-hybridized carbons (Fsp3) is 0.333. The molecule has 0 radical (unpaired) electrons. The predicted octanol–water partition coefficient (Wildman–Crippen LogP) is 3.41. The van der Waals surface area contributed by atoms with Crippen LogP contribution in [-0.2, 0) is 6.42 Å². The Bertz CT molecular complexity index is 538. The molecule has 0 saturated heterocycles. The van der Waals surface area contributed by atoms with Gasteiger partial charge in [-0.05, 0) is 19.1 Å². The van der Waals surface area contributed by atoms with Gasteiger partial charge in [-0.1, -0.05) is 26.0 Å². The maximum absolute atomic E-state index is 5.72. The molecule has 2 heterocycles. The van der Waals surface area contributed by atoms with Crippen molar-refractivity contribution in [2.24, 2.45) is 0 Å². The highest BCUT2D eigenvalue weighted by molar-refractivity contribution is 5.71. The Morgan fingerprint density at radius 3 is 2.72 bits per heavy atom. The Hall–Kier alpha value is -1.90. The summed E-state index contributed by atoms with van der Waals surface area (Å²) in [6.45, 7) is 6.71. The van der Waals surface area contributed by atoms with Crippen LogP contribution in [0.15, 0.2) is 30.6 Å². The zero-order valence-electron chi connectivity index (χ0n) is 11.1. The third kappa shape index (κ3) is 2.21. The molecule has 3 heteroatoms. The van der Waals surface area contributed by atoms with Gasteiger partial charge in [0.2, 0.25) is 0 Å². The van der Waals surface area contributed by atoms with Gasteiger partial charge >= 0.3 is 0 Å². The average Bonchev–Trinajstić information content (AvgIpc) is 2.62. The quantitative estimate of drug-likeness (QED) is 0.710. The summed E-state index contributed by atoms with van der Waals surface area (Å²) in [4.78, 5) is 8.63. The lowest BCUT2D eigenvalue weighted by Gasteiger charge is -2.07. The summed E-state index contributed by atoms with van der Waals surface area (Å²) in [6, 6.07) is 8.03. The normalized spacial score (nSPS) is 12.2. The van der Waals surface area contributed by atoms with Gasteiger partial charge in [-0.3, -0.25) is 0 Å². The molecule has 18 heavy (non-hydrogen) atoms. The van der Waals surface area contributed by atoms with Crippen LogP contribution in [0.3, 0.4) is 0 Å². The van der Waals surface area contributed by atoms with E-state index in [2.05, 4.69) is 9.97 Å². The molecule has 0 N–H and O–H groups in total. The summed E-state index contributed by atoms with van der Waals surface area (Å²) in [5.74, 6) is 0.916. The largest absolute Gasteiger partial charge is 0.493 e. The van der Waals surface area contributed by atoms with Crippen LogP contribution in [0.25, 0.3) is 11.3 Å². The van der Waals surface area contributed by atoms with Crippen molar-refractivity contribution in [2.45, 2.75) is 27.2 Å². The molecule has 0 aliphatic carbocycles. The number of aryl methyl sites for hydroxylation is 1. The number of hydrogen-bond acceptors (Lipinski definition) is 3. The lowest BCUT2D eigenvalue weighted by Crippen LogP contribution is -2.02. The van der Waals surface area contributed by atoms with Crippen LogP contribution in [0.4, 0.5) is 0 Å². The molecule has 3 rings (SSSR count). The maximum atomic E-state index is 5.72. The van der Waals surface area contributed by atoms with Crippen molar-refractivity contribution in [3.05, 3.63) is 41.9 Å². The minimum absolute atomic E-state index is 0.693. The minimum Gasteiger partial charge on any atom is -0.493 e. The second-order valence-corrected chi connectivity index (χ2v) is 3.88. The molecular weight excluding hydrogens is 224 g/mol. The molecule has 2 aromatic rings. The molecule has 94 valence electrons. The molecule has 0 fully saturated rings. The first-order valence-corrected chi connectivity index (χ1v) is 6.39. The van der Waals surface area contributed by atoms with E-state index in [-0.39, 0.29) is 0 Å². The van der Waals surface area contributed by atoms with Crippen LogP contribution in [0.2, 0.25) is 0 Å². The molecule has 0 spiro atoms. The number of aromatic nitrogens is 2. The van der Waals surface area contributed by atoms with Crippen molar-refractivity contribution in [3.8, 4) is 17.0 Å². The summed E-state index contributed by atoms with van der Waals surface area (Å²) >= 11 is 0. The first kappa shape index (κ1) is 12.6. The van der Waals surface area contributed by atoms with Crippen molar-refractivity contribution in [1.82, 2.24) is 9.97 Å². The molecule has 1 aromatic carbocycles. The van der Waals surface area contributed by atoms with Crippen molar-refractivity contribution in [3.63, 3.8) is 0 Å². The minimum atomic E-state index is 0.693. The first-order chi connectivity index (χ1) is 8.86. The zero-order valence-corrected chi connectivity index (χ0v) is 11.1. The molecule has 1 aliphatic heterocycles. The fourth-order valence-electron chi connectivity index (χ4n) is 2.08. The molecule has 0 atom stereocenters. The summed E-state index contributed by atoms with van der Waals surface area (Å²) in [7, 11) is 0. The highest BCUT2D eigenvalue weighted by Gasteiger charge is 2.17. The third-order valence-corrected chi connectivity index (χ3v) is 2.91. The van der Waals surface area contributed by atoms with Gasteiger partial charge in [-0.25, -0.2) is 9.97 Å². The number of benzene rings is 1. The lowest BCUT2D eigenvalue weighted by molar-refractivity contribution is 0.326. The summed E-state index contributed by atoms with van der Waals surface area (Å²) in [5.41, 5.74) is 4.33. The topological polar surface area (TPSA) is 35.0 Å². The molecule has 1 aliphatic rings. The number of ether oxygens (including phenoxy) is 1. The van der Waals surface area contributed by atoms with Crippen molar-refractivity contribution >= 4 is 0 Å². The number of rotatable bonds is 0. The molecular formula is C15H18N2O. The Kier molecular flexibility index (Phi) is 3.92. The second kappa shape index (κ2) is 5.63. The third-order valence-electron chi connectivity index (χ3n) is 2.91. The van der Waals surface area contributed by atoms with Crippen LogP contribution in [-0.4, -0.2) is 16.6 Å². The van der Waals surface area contributed by atoms with E-state index in [0.29, 0.717) is 6.61 Å². The maximum Gasteiger partial charge on any atom is 0.128 e. The molecule has 0 unspecified atom stereocenters. The Morgan fingerprint density at radius 2 is 1.89 bits per heavy atom. The van der Waals surface area contributed by atoms with Gasteiger partial charge in [-0.2, -0.15) is 0 Å². The van der Waals surface area contributed by atoms with Crippen LogP contribution in [0.5, 0.6) is 5.75 Å². The predicted molar refractivity (Wildman–Crippen MR) is 72.8 cm³/mol. The SMILES string of the molecule is CC.Cc1ncnc2c1CCOc1ccccc1-2. The smallest absolute Gasteiger partial charge is 0.128 e. The standard InChI is InChI=1S/C13H12N2O.C2H6/c1-9-10-6-7-16-12-5-3-2-4-11(12)13(10)15-8-14-9;1-2/h2-5,8H,6-7H2,1H3;1-2H3. The lowest BCUT2D eigenvalue weighted by atomic mass is 10.0. The summed E-state index contributed by atoms with van der Waals surface area (Å²) in [5, 5.41) is 0. The van der Waals surface area contributed by atoms with Gasteiger partial charge in [-0.15, -0.1) is 0 Å². The van der Waals surface area contributed by atoms with Gasteiger partial charge < -0.3 is 4.74 Å². The molecule has 3 nitrogen and oxygen atoms in total. The zero-order chi connectivity index (χ0) is 13.0. The molecule has 0 amide bonds. The van der Waals surface area contributed by atoms with Gasteiger partial charge in [0, 0.05) is 23.2 Å². The Balaban J connectivity index is 0.000000574. The highest BCUT2D eigenvalue weighted by atomic mass is 16.5. The van der Waals surface area contributed by atoms with E-state index < -0.39 is 0 Å². The van der Waals surface area contributed by atoms with Gasteiger partial charge in [0.1, 0.15) is 12.1 Å². The van der Waals surface area contributed by atoms with E-state index in [4.69, 9.17) is 4.74 Å². The van der Waals surface area contributed by atoms with Gasteiger partial charge in [0.05, 0.1) is 12.3 Å². The highest BCUT2D eigenvalue weighted by Crippen LogP contribution is 2.33. The fourth-order valence-corrected chi connectivity index (χ4v) is 2.08. The van der Waals surface area contributed by atoms with Crippen LogP contribution in [0.1, 0.15) is 25.1 Å². The average molecular weight is 242 g/mol. The van der Waals surface area contributed by atoms with Crippen LogP contribution >= 0.6 is 0 Å². The van der Waals surface area contributed by atoms with Crippen molar-refractivity contribution in [2.75, 3.05) is 6.61 Å². The van der Waals surface area contributed by atoms with E-state index in [9.17, 15) is 0 Å². The number of hydrogen-bond donors (Lipinski definition) is 0. The van der Waals surface area contributed by atoms with E-state index in [1.165, 1.54) is 5.56 Å². The van der Waals surface area contributed by atoms with Crippen LogP contribution < -0.4 is 4.74 Å². The van der Waals surface area contributed by atoms with Gasteiger partial charge in [0.15, 0.2) is 0 Å². The number of nitrogens with zero attached hydrogens (tertiary/aromatic N) is 2. The van der Waals surface area contributed by atoms with Gasteiger partial charge in [0.25, 0.3) is 0 Å². The first-order valence-electron chi connectivity index (χ1n) is 6.39. The van der Waals surface area contributed by atoms with Crippen LogP contribution in [0, 0.1) is 6.92 Å². The van der Waals surface area contributed by atoms with E-state index >= 15 is 0 Å². The second-order valence-electron chi connectivity index (χ2n) is 3.88. The van der Waals surface area contributed by atoms with Crippen molar-refractivity contribution < 1.29 is 4.74 Å². The number of para-hydroxylation sites is 1. The van der Waals surface area contributed by atoms with E-state index in [1.807, 2.05) is 45.0 Å². The summed E-state index contributed by atoms with van der Waals surface area (Å²) in [6.07, 6.45) is 2.49. The Labute approximate surface area is 108 Å². The molecule has 0 saturated carbocycles. The molecule has 0 bridgehead atoms. The monoisotopic (exact) mass is 242 g/mol. The molecule has 1 aromatic heterocycles. The van der Waals surface area contributed by atoms with Crippen molar-refractivity contribution in [1.29, 1.82) is 0 Å². The van der Waals surface area contributed by atoms with E-state index in [0.717, 1.165) is 29.1 Å². The summed E-state index contributed by atoms with van der Waals surface area (Å²) < 4.78 is 5.72. The number of fused-ring (bicyclic) bond motifs is 3. The van der Waals surface area contributed by atoms with E-state index in [1.54, 1.807) is 6.33 Å².